The molecule has 0 aromatic heterocycles. The zero-order valence-electron chi connectivity index (χ0n) is 19.6. The van der Waals surface area contributed by atoms with Gasteiger partial charge in [0.15, 0.2) is 0 Å². The zero-order chi connectivity index (χ0) is 21.5. The van der Waals surface area contributed by atoms with E-state index in [9.17, 15) is 0 Å². The summed E-state index contributed by atoms with van der Waals surface area (Å²) >= 11 is 0. The molecule has 7 nitrogen and oxygen atoms in total. The Kier molecular flexibility index (Phi) is 7.14. The summed E-state index contributed by atoms with van der Waals surface area (Å²) in [5.74, 6) is 0.599. The van der Waals surface area contributed by atoms with Crippen LogP contribution in [0.25, 0.3) is 0 Å². The van der Waals surface area contributed by atoms with E-state index in [-0.39, 0.29) is 36.6 Å². The summed E-state index contributed by atoms with van der Waals surface area (Å²) in [6.07, 6.45) is 3.99. The second kappa shape index (κ2) is 9.19. The molecular weight excluding hydrogens is 418 g/mol. The second-order valence-electron chi connectivity index (χ2n) is 10.2. The Balaban J connectivity index is 1.57. The fraction of sp³-hybridized carbons (Fsp3) is 1.00. The molecule has 9 heteroatoms. The molecule has 6 rings (SSSR count). The molecule has 0 spiro atoms. The lowest BCUT2D eigenvalue weighted by atomic mass is 9.91. The van der Waals surface area contributed by atoms with E-state index >= 15 is 0 Å². The molecular formula is C21H41NO6Si2. The van der Waals surface area contributed by atoms with E-state index in [1.165, 1.54) is 0 Å². The molecule has 0 aromatic carbocycles. The maximum atomic E-state index is 6.59. The van der Waals surface area contributed by atoms with Gasteiger partial charge in [-0.2, -0.15) is 0 Å². The topological polar surface area (TPSA) is 58.6 Å². The van der Waals surface area contributed by atoms with E-state index < -0.39 is 17.6 Å². The van der Waals surface area contributed by atoms with Crippen molar-refractivity contribution in [2.24, 2.45) is 5.92 Å². The van der Waals surface area contributed by atoms with Crippen LogP contribution < -0.4 is 0 Å². The van der Waals surface area contributed by atoms with Gasteiger partial charge in [-0.15, -0.1) is 0 Å². The SMILES string of the molecule is CC1CC2CC(C)O[Si](CC[Si]34OC(C)CN(CC(C)O3)CC(C)O4)(O1)OC(C)C2. The largest absolute Gasteiger partial charge is 0.501 e. The highest BCUT2D eigenvalue weighted by molar-refractivity contribution is 6.66. The van der Waals surface area contributed by atoms with Crippen molar-refractivity contribution in [1.29, 1.82) is 0 Å². The summed E-state index contributed by atoms with van der Waals surface area (Å²) in [4.78, 5) is 2.39. The number of hydrogen-bond donors (Lipinski definition) is 0. The molecule has 6 atom stereocenters. The molecule has 174 valence electrons. The van der Waals surface area contributed by atoms with Gasteiger partial charge in [-0.05, 0) is 66.7 Å². The van der Waals surface area contributed by atoms with Crippen molar-refractivity contribution >= 4 is 17.6 Å². The van der Waals surface area contributed by atoms with E-state index in [1.807, 2.05) is 0 Å². The van der Waals surface area contributed by atoms with E-state index in [0.29, 0.717) is 18.0 Å². The monoisotopic (exact) mass is 459 g/mol. The van der Waals surface area contributed by atoms with Crippen molar-refractivity contribution in [1.82, 2.24) is 4.90 Å². The van der Waals surface area contributed by atoms with Gasteiger partial charge in [0.05, 0.1) is 18.3 Å². The highest BCUT2D eigenvalue weighted by Gasteiger charge is 2.55. The fourth-order valence-electron chi connectivity index (χ4n) is 5.93. The molecule has 6 fully saturated rings. The van der Waals surface area contributed by atoms with Crippen LogP contribution in [-0.4, -0.2) is 78.8 Å². The Labute approximate surface area is 184 Å². The maximum Gasteiger partial charge on any atom is 0.501 e. The third-order valence-corrected chi connectivity index (χ3v) is 13.4. The molecule has 0 aliphatic carbocycles. The van der Waals surface area contributed by atoms with Gasteiger partial charge < -0.3 is 26.6 Å². The molecule has 0 aromatic rings. The minimum absolute atomic E-state index is 0.0887. The quantitative estimate of drug-likeness (QED) is 0.599. The molecule has 0 amide bonds. The number of hydrogen-bond acceptors (Lipinski definition) is 7. The van der Waals surface area contributed by atoms with Gasteiger partial charge in [0.1, 0.15) is 0 Å². The summed E-state index contributed by atoms with van der Waals surface area (Å²) in [7, 11) is -5.77. The predicted octanol–water partition coefficient (Wildman–Crippen LogP) is 3.44. The standard InChI is InChI=1S/C21H41NO6Si2/c1-15-9-21-10-16(2)24-29(23-15,25-17(3)11-21)7-8-30-26-18(4)12-22(13-19(5)27-30)14-20(6)28-30/h15-21H,7-14H2,1-6H3. The van der Waals surface area contributed by atoms with Crippen LogP contribution in [0.2, 0.25) is 12.1 Å². The molecule has 6 heterocycles. The normalized spacial score (nSPS) is 52.6. The molecule has 6 aliphatic rings. The van der Waals surface area contributed by atoms with E-state index in [4.69, 9.17) is 26.6 Å². The van der Waals surface area contributed by atoms with Crippen LogP contribution in [0.1, 0.15) is 60.8 Å². The lowest BCUT2D eigenvalue weighted by molar-refractivity contribution is -0.0827. The molecule has 0 saturated carbocycles. The first-order valence-electron chi connectivity index (χ1n) is 11.9. The first kappa shape index (κ1) is 23.3. The molecule has 6 unspecified atom stereocenters. The van der Waals surface area contributed by atoms with Crippen molar-refractivity contribution in [3.05, 3.63) is 0 Å². The van der Waals surface area contributed by atoms with Crippen LogP contribution in [0.5, 0.6) is 0 Å². The van der Waals surface area contributed by atoms with Gasteiger partial charge in [0.25, 0.3) is 0 Å². The van der Waals surface area contributed by atoms with Crippen LogP contribution in [0.15, 0.2) is 0 Å². The Morgan fingerprint density at radius 3 is 1.17 bits per heavy atom. The summed E-state index contributed by atoms with van der Waals surface area (Å²) in [6.45, 7) is 15.7. The summed E-state index contributed by atoms with van der Waals surface area (Å²) in [5.41, 5.74) is 0. The zero-order valence-corrected chi connectivity index (χ0v) is 21.6. The van der Waals surface area contributed by atoms with Crippen molar-refractivity contribution in [3.63, 3.8) is 0 Å². The fourth-order valence-corrected chi connectivity index (χ4v) is 13.6. The van der Waals surface area contributed by atoms with Crippen molar-refractivity contribution in [2.75, 3.05) is 19.6 Å². The first-order chi connectivity index (χ1) is 14.1. The van der Waals surface area contributed by atoms with E-state index in [2.05, 4.69) is 46.4 Å². The molecule has 30 heavy (non-hydrogen) atoms. The molecule has 6 aliphatic heterocycles. The Morgan fingerprint density at radius 2 is 0.833 bits per heavy atom. The van der Waals surface area contributed by atoms with Gasteiger partial charge in [0.2, 0.25) is 0 Å². The van der Waals surface area contributed by atoms with Gasteiger partial charge >= 0.3 is 17.6 Å². The molecule has 6 saturated heterocycles. The lowest BCUT2D eigenvalue weighted by Crippen LogP contribution is -2.63. The third-order valence-electron chi connectivity index (χ3n) is 6.56. The van der Waals surface area contributed by atoms with Crippen molar-refractivity contribution < 1.29 is 26.6 Å². The average molecular weight is 460 g/mol. The highest BCUT2D eigenvalue weighted by Crippen LogP contribution is 2.39. The van der Waals surface area contributed by atoms with Gasteiger partial charge in [-0.1, -0.05) is 0 Å². The van der Waals surface area contributed by atoms with Crippen LogP contribution in [-0.2, 0) is 26.6 Å². The number of fused-ring (bicyclic) bond motifs is 12. The van der Waals surface area contributed by atoms with Crippen LogP contribution >= 0.6 is 0 Å². The van der Waals surface area contributed by atoms with Crippen molar-refractivity contribution in [3.8, 4) is 0 Å². The smallest absolute Gasteiger partial charge is 0.371 e. The van der Waals surface area contributed by atoms with Crippen molar-refractivity contribution in [2.45, 2.75) is 110 Å². The molecule has 0 radical (unpaired) electrons. The van der Waals surface area contributed by atoms with Gasteiger partial charge in [-0.25, -0.2) is 0 Å². The predicted molar refractivity (Wildman–Crippen MR) is 118 cm³/mol. The van der Waals surface area contributed by atoms with Gasteiger partial charge in [-0.3, -0.25) is 4.90 Å². The summed E-state index contributed by atoms with van der Waals surface area (Å²) < 4.78 is 39.5. The Morgan fingerprint density at radius 1 is 0.533 bits per heavy atom. The van der Waals surface area contributed by atoms with Crippen LogP contribution in [0.4, 0.5) is 0 Å². The number of nitrogens with zero attached hydrogens (tertiary/aromatic N) is 1. The summed E-state index contributed by atoms with van der Waals surface area (Å²) in [6, 6.07) is 1.38. The minimum Gasteiger partial charge on any atom is -0.371 e. The molecule has 0 N–H and O–H groups in total. The Hall–Kier alpha value is 0.154. The second-order valence-corrected chi connectivity index (χ2v) is 15.4. The Bertz CT molecular complexity index is 476. The third kappa shape index (κ3) is 5.55. The lowest BCUT2D eigenvalue weighted by Gasteiger charge is -2.47. The summed E-state index contributed by atoms with van der Waals surface area (Å²) in [5, 5.41) is 0. The maximum absolute atomic E-state index is 6.59. The van der Waals surface area contributed by atoms with Crippen LogP contribution in [0, 0.1) is 5.92 Å². The average Bonchev–Trinajstić information content (AvgIpc) is 2.53. The molecule has 4 bridgehead atoms. The van der Waals surface area contributed by atoms with E-state index in [1.54, 1.807) is 0 Å². The minimum atomic E-state index is -2.89. The van der Waals surface area contributed by atoms with Gasteiger partial charge in [0, 0.05) is 50.0 Å². The first-order valence-corrected chi connectivity index (χ1v) is 15.8. The van der Waals surface area contributed by atoms with E-state index in [0.717, 1.165) is 38.9 Å². The highest BCUT2D eigenvalue weighted by atomic mass is 28.4. The van der Waals surface area contributed by atoms with Crippen LogP contribution in [0.3, 0.4) is 0 Å². The number of rotatable bonds is 3.